The number of hydrogen-bond acceptors (Lipinski definition) is 1. The van der Waals surface area contributed by atoms with Gasteiger partial charge in [-0.1, -0.05) is 139 Å². The summed E-state index contributed by atoms with van der Waals surface area (Å²) in [6.07, 6.45) is 0. The summed E-state index contributed by atoms with van der Waals surface area (Å²) in [5.41, 5.74) is 2.93. The van der Waals surface area contributed by atoms with E-state index in [4.69, 9.17) is 16.8 Å². The van der Waals surface area contributed by atoms with E-state index in [9.17, 15) is 5.48 Å². The molecule has 0 spiro atoms. The molecule has 2 heteroatoms. The highest BCUT2D eigenvalue weighted by Gasteiger charge is 2.23. The van der Waals surface area contributed by atoms with E-state index in [0.717, 1.165) is 5.56 Å². The van der Waals surface area contributed by atoms with Gasteiger partial charge in [0.1, 0.15) is 5.58 Å². The van der Waals surface area contributed by atoms with Gasteiger partial charge in [-0.15, -0.1) is 0 Å². The normalized spacial score (nSPS) is 15.8. The number of furan rings is 1. The van der Waals surface area contributed by atoms with E-state index >= 15 is 0 Å². The van der Waals surface area contributed by atoms with E-state index in [2.05, 4.69) is 0 Å². The summed E-state index contributed by atoms with van der Waals surface area (Å²) in [6, 6.07) is 14.9. The van der Waals surface area contributed by atoms with E-state index < -0.39 is 78.6 Å². The average Bonchev–Trinajstić information content (AvgIpc) is 3.52. The maximum Gasteiger partial charge on any atom is 0.172 e. The first-order valence-corrected chi connectivity index (χ1v) is 14.2. The molecule has 1 nitrogen and oxygen atoms in total. The molecular formula is C40H25IO. The first kappa shape index (κ1) is 15.0. The molecule has 0 aliphatic carbocycles. The number of hydrogen-bond donors (Lipinski definition) is 0. The molecule has 0 bridgehead atoms. The lowest BCUT2D eigenvalue weighted by Crippen LogP contribution is -1.93. The van der Waals surface area contributed by atoms with Crippen LogP contribution in [-0.4, -0.2) is 0 Å². The fraction of sp³-hybridized carbons (Fsp3) is 0. The Morgan fingerprint density at radius 1 is 0.452 bits per heavy atom. The van der Waals surface area contributed by atoms with Crippen LogP contribution in [0.15, 0.2) is 156 Å². The van der Waals surface area contributed by atoms with Gasteiger partial charge in [0, 0.05) is 39.1 Å². The molecule has 7 aromatic carbocycles. The van der Waals surface area contributed by atoms with Crippen molar-refractivity contribution in [2.45, 2.75) is 0 Å². The molecule has 1 heterocycles. The first-order valence-electron chi connectivity index (χ1n) is 19.6. The average molecular weight is 662 g/mol. The lowest BCUT2D eigenvalue weighted by Gasteiger charge is -2.19. The van der Waals surface area contributed by atoms with Crippen LogP contribution < -0.4 is 0 Å². The second kappa shape index (κ2) is 10.3. The highest BCUT2D eigenvalue weighted by Crippen LogP contribution is 2.49. The molecule has 42 heavy (non-hydrogen) atoms. The van der Waals surface area contributed by atoms with Gasteiger partial charge in [-0.05, 0) is 67.1 Å². The summed E-state index contributed by atoms with van der Waals surface area (Å²) in [5, 5.41) is 0.390. The molecular weight excluding hydrogens is 623 g/mol. The summed E-state index contributed by atoms with van der Waals surface area (Å²) in [7, 11) is 0. The van der Waals surface area contributed by atoms with Crippen molar-refractivity contribution in [2.24, 2.45) is 0 Å². The first-order chi connectivity index (χ1) is 26.2. The van der Waals surface area contributed by atoms with Crippen molar-refractivity contribution in [3.8, 4) is 44.5 Å². The minimum atomic E-state index is -0.552. The van der Waals surface area contributed by atoms with Crippen molar-refractivity contribution in [1.82, 2.24) is 0 Å². The van der Waals surface area contributed by atoms with Gasteiger partial charge < -0.3 is 4.42 Å². The van der Waals surface area contributed by atoms with Gasteiger partial charge in [-0.25, -0.2) is 0 Å². The third-order valence-electron chi connectivity index (χ3n) is 7.34. The lowest BCUT2D eigenvalue weighted by atomic mass is 9.83. The van der Waals surface area contributed by atoms with Gasteiger partial charge in [0.05, 0.1) is 17.8 Å². The molecule has 0 aliphatic heterocycles. The molecule has 0 radical (unpaired) electrons. The summed E-state index contributed by atoms with van der Waals surface area (Å²) in [5.74, 6) is 0. The van der Waals surface area contributed by atoms with Gasteiger partial charge in [0.15, 0.2) is 3.77 Å². The summed E-state index contributed by atoms with van der Waals surface area (Å²) >= 11 is 1.93. The Hall–Kier alpha value is -4.67. The van der Waals surface area contributed by atoms with Crippen molar-refractivity contribution in [2.75, 3.05) is 0 Å². The van der Waals surface area contributed by atoms with Crippen molar-refractivity contribution < 1.29 is 22.2 Å². The van der Waals surface area contributed by atoms with Crippen molar-refractivity contribution in [3.05, 3.63) is 155 Å². The molecule has 1 aromatic heterocycles. The summed E-state index contributed by atoms with van der Waals surface area (Å²) in [6.45, 7) is 0. The zero-order chi connectivity index (χ0) is 39.4. The second-order valence-electron chi connectivity index (χ2n) is 9.62. The third kappa shape index (κ3) is 4.06. The van der Waals surface area contributed by atoms with Gasteiger partial charge in [0.2, 0.25) is 0 Å². The van der Waals surface area contributed by atoms with Crippen LogP contribution in [0.1, 0.15) is 17.8 Å². The topological polar surface area (TPSA) is 13.1 Å². The third-order valence-corrected chi connectivity index (χ3v) is 8.10. The quantitative estimate of drug-likeness (QED) is 0.135. The zero-order valence-electron chi connectivity index (χ0n) is 34.7. The Balaban J connectivity index is 1.64. The SMILES string of the molecule is [2H]c1c([2H])c([2H])c(-c2ccc3oc(I)c(-c4c5c([2H])c([2H])c([2H])c([2H])c5c(-c5ccccc5-c5ccccc5)c5c([2H])c([2H])c([2H])c([2H])c45)c3c2)c([2H])c1[2H]. The van der Waals surface area contributed by atoms with Crippen molar-refractivity contribution in [1.29, 1.82) is 0 Å². The molecule has 0 saturated carbocycles. The van der Waals surface area contributed by atoms with E-state index in [-0.39, 0.29) is 58.7 Å². The molecule has 0 N–H and O–H groups in total. The number of fused-ring (bicyclic) bond motifs is 3. The second-order valence-corrected chi connectivity index (χ2v) is 10.6. The van der Waals surface area contributed by atoms with Gasteiger partial charge in [-0.2, -0.15) is 0 Å². The van der Waals surface area contributed by atoms with Crippen LogP contribution in [0.25, 0.3) is 77.0 Å². The fourth-order valence-electron chi connectivity index (χ4n) is 5.57. The van der Waals surface area contributed by atoms with Crippen LogP contribution in [0.2, 0.25) is 0 Å². The Labute approximate surface area is 276 Å². The Kier molecular flexibility index (Phi) is 3.68. The minimum absolute atomic E-state index is 0.00442. The predicted molar refractivity (Wildman–Crippen MR) is 186 cm³/mol. The molecule has 8 rings (SSSR count). The molecule has 0 amide bonds. The maximum absolute atomic E-state index is 9.40. The van der Waals surface area contributed by atoms with Gasteiger partial charge >= 0.3 is 0 Å². The Morgan fingerprint density at radius 2 is 1.02 bits per heavy atom. The lowest BCUT2D eigenvalue weighted by molar-refractivity contribution is 0.585. The van der Waals surface area contributed by atoms with E-state index in [0.29, 0.717) is 16.5 Å². The summed E-state index contributed by atoms with van der Waals surface area (Å²) < 4.78 is 121. The van der Waals surface area contributed by atoms with E-state index in [1.54, 1.807) is 30.3 Å². The van der Waals surface area contributed by atoms with Crippen LogP contribution >= 0.6 is 22.6 Å². The highest BCUT2D eigenvalue weighted by molar-refractivity contribution is 14.1. The monoisotopic (exact) mass is 661 g/mol. The van der Waals surface area contributed by atoms with Gasteiger partial charge in [0.25, 0.3) is 0 Å². The molecule has 8 aromatic rings. The van der Waals surface area contributed by atoms with Crippen molar-refractivity contribution in [3.63, 3.8) is 0 Å². The Bertz CT molecular complexity index is 2870. The van der Waals surface area contributed by atoms with Crippen LogP contribution in [0.5, 0.6) is 0 Å². The van der Waals surface area contributed by atoms with E-state index in [1.807, 2.05) is 65.1 Å². The highest BCUT2D eigenvalue weighted by atomic mass is 127. The molecule has 0 fully saturated rings. The molecule has 198 valence electrons. The van der Waals surface area contributed by atoms with Crippen LogP contribution in [-0.2, 0) is 0 Å². The van der Waals surface area contributed by atoms with Gasteiger partial charge in [-0.3, -0.25) is 0 Å². The smallest absolute Gasteiger partial charge is 0.172 e. The Morgan fingerprint density at radius 3 is 1.69 bits per heavy atom. The number of rotatable bonds is 4. The zero-order valence-corrected chi connectivity index (χ0v) is 23.9. The maximum atomic E-state index is 9.40. The van der Waals surface area contributed by atoms with Crippen LogP contribution in [0.4, 0.5) is 0 Å². The van der Waals surface area contributed by atoms with Crippen LogP contribution in [0, 0.1) is 3.77 Å². The largest absolute Gasteiger partial charge is 0.450 e. The minimum Gasteiger partial charge on any atom is -0.450 e. The molecule has 0 atom stereocenters. The van der Waals surface area contributed by atoms with Crippen molar-refractivity contribution >= 4 is 55.1 Å². The molecule has 0 unspecified atom stereocenters. The molecule has 0 saturated heterocycles. The number of halogens is 1. The fourth-order valence-corrected chi connectivity index (χ4v) is 6.36. The predicted octanol–water partition coefficient (Wildman–Crippen LogP) is 12.0. The van der Waals surface area contributed by atoms with E-state index in [1.165, 1.54) is 0 Å². The molecule has 0 aliphatic rings. The number of benzene rings is 7. The summed E-state index contributed by atoms with van der Waals surface area (Å²) in [4.78, 5) is 0. The standard InChI is InChI=1S/C40H25IO/c41-40-39(35-25-28(23-24-36(35)42-40)26-13-3-1-4-14-26)38-33-21-11-9-19-31(33)37(32-20-10-12-22-34(32)38)30-18-8-7-17-29(30)27-15-5-2-6-16-27/h1-25H/i1D,3D,4D,9D,10D,11D,12D,13D,14D,19D,20D,21D,22D. The van der Waals surface area contributed by atoms with Crippen LogP contribution in [0.3, 0.4) is 0 Å².